The highest BCUT2D eigenvalue weighted by Crippen LogP contribution is 2.16. The molecule has 0 amide bonds. The van der Waals surface area contributed by atoms with Crippen LogP contribution >= 0.6 is 15.9 Å². The molecule has 72 valence electrons. The largest absolute Gasteiger partial charge is 0.478 e. The van der Waals surface area contributed by atoms with Crippen LogP contribution in [0.5, 0.6) is 0 Å². The lowest BCUT2D eigenvalue weighted by Crippen LogP contribution is -2.03. The van der Waals surface area contributed by atoms with Crippen LogP contribution in [0.3, 0.4) is 0 Å². The first kappa shape index (κ1) is 10.6. The summed E-state index contributed by atoms with van der Waals surface area (Å²) >= 11 is 3.15. The molecule has 0 spiro atoms. The number of carboxylic acid groups (broad SMARTS) is 1. The molecule has 0 aliphatic heterocycles. The average molecular weight is 254 g/mol. The van der Waals surface area contributed by atoms with Gasteiger partial charge in [0.25, 0.3) is 0 Å². The number of carboxylic acids is 1. The zero-order valence-electron chi connectivity index (χ0n) is 7.25. The maximum atomic E-state index is 10.7. The Morgan fingerprint density at radius 3 is 2.86 bits per heavy atom. The molecule has 14 heavy (non-hydrogen) atoms. The van der Waals surface area contributed by atoms with Gasteiger partial charge in [-0.1, -0.05) is 33.8 Å². The van der Waals surface area contributed by atoms with Crippen LogP contribution < -0.4 is 5.73 Å². The summed E-state index contributed by atoms with van der Waals surface area (Å²) in [6, 6.07) is 4.77. The molecule has 1 rings (SSSR count). The molecule has 0 aliphatic rings. The lowest BCUT2D eigenvalue weighted by Gasteiger charge is -2.01. The number of nitrogen functional groups attached to an aromatic ring is 1. The second-order valence-electron chi connectivity index (χ2n) is 2.51. The zero-order valence-corrected chi connectivity index (χ0v) is 8.84. The minimum absolute atomic E-state index is 0.0892. The van der Waals surface area contributed by atoms with E-state index >= 15 is 0 Å². The normalized spacial score (nSPS) is 8.93. The number of halogens is 1. The van der Waals surface area contributed by atoms with Crippen molar-refractivity contribution in [3.8, 4) is 11.8 Å². The Labute approximate surface area is 90.1 Å². The molecule has 1 aromatic rings. The molecule has 3 N–H and O–H groups in total. The lowest BCUT2D eigenvalue weighted by atomic mass is 10.1. The zero-order chi connectivity index (χ0) is 10.6. The maximum Gasteiger partial charge on any atom is 0.337 e. The first-order valence-corrected chi connectivity index (χ1v) is 4.95. The van der Waals surface area contributed by atoms with Gasteiger partial charge < -0.3 is 10.8 Å². The van der Waals surface area contributed by atoms with Gasteiger partial charge in [-0.05, 0) is 12.1 Å². The molecule has 0 atom stereocenters. The van der Waals surface area contributed by atoms with Crippen LogP contribution in [-0.2, 0) is 0 Å². The number of anilines is 1. The number of para-hydroxylation sites is 1. The molecular weight excluding hydrogens is 246 g/mol. The van der Waals surface area contributed by atoms with Gasteiger partial charge in [0.15, 0.2) is 0 Å². The van der Waals surface area contributed by atoms with Gasteiger partial charge in [0.2, 0.25) is 0 Å². The van der Waals surface area contributed by atoms with E-state index in [1.807, 2.05) is 0 Å². The van der Waals surface area contributed by atoms with E-state index in [0.29, 0.717) is 10.9 Å². The van der Waals surface area contributed by atoms with Crippen molar-refractivity contribution in [1.82, 2.24) is 0 Å². The van der Waals surface area contributed by atoms with Crippen molar-refractivity contribution in [2.45, 2.75) is 0 Å². The summed E-state index contributed by atoms with van der Waals surface area (Å²) in [7, 11) is 0. The molecule has 0 aromatic heterocycles. The van der Waals surface area contributed by atoms with E-state index in [2.05, 4.69) is 27.8 Å². The number of aromatic carboxylic acids is 1. The van der Waals surface area contributed by atoms with Crippen LogP contribution in [-0.4, -0.2) is 16.4 Å². The van der Waals surface area contributed by atoms with Crippen LogP contribution in [0.25, 0.3) is 0 Å². The third-order valence-corrected chi connectivity index (χ3v) is 1.91. The third-order valence-electron chi connectivity index (χ3n) is 1.63. The molecule has 0 bridgehead atoms. The summed E-state index contributed by atoms with van der Waals surface area (Å²) < 4.78 is 0. The highest BCUT2D eigenvalue weighted by Gasteiger charge is 2.08. The number of hydrogen-bond acceptors (Lipinski definition) is 2. The van der Waals surface area contributed by atoms with E-state index in [1.54, 1.807) is 12.1 Å². The Hall–Kier alpha value is -1.47. The molecule has 0 heterocycles. The number of rotatable bonds is 1. The van der Waals surface area contributed by atoms with Gasteiger partial charge in [-0.3, -0.25) is 0 Å². The number of hydrogen-bond donors (Lipinski definition) is 2. The van der Waals surface area contributed by atoms with E-state index in [4.69, 9.17) is 10.8 Å². The molecule has 0 aliphatic carbocycles. The number of carbonyl (C=O) groups is 1. The summed E-state index contributed by atoms with van der Waals surface area (Å²) in [6.45, 7) is 0. The summed E-state index contributed by atoms with van der Waals surface area (Å²) in [5, 5.41) is 9.31. The van der Waals surface area contributed by atoms with Gasteiger partial charge in [0.1, 0.15) is 0 Å². The number of alkyl halides is 1. The van der Waals surface area contributed by atoms with Crippen molar-refractivity contribution in [2.24, 2.45) is 0 Å². The monoisotopic (exact) mass is 253 g/mol. The standard InChI is InChI=1S/C10H8BrNO2/c11-6-2-4-7-3-1-5-8(9(7)12)10(13)14/h1,3,5H,6,12H2,(H,13,14). The summed E-state index contributed by atoms with van der Waals surface area (Å²) in [5.74, 6) is 4.50. The number of benzene rings is 1. The molecule has 0 fully saturated rings. The lowest BCUT2D eigenvalue weighted by molar-refractivity contribution is 0.0698. The Morgan fingerprint density at radius 2 is 2.29 bits per heavy atom. The van der Waals surface area contributed by atoms with Crippen LogP contribution in [0.15, 0.2) is 18.2 Å². The van der Waals surface area contributed by atoms with Crippen LogP contribution in [0, 0.1) is 11.8 Å². The smallest absolute Gasteiger partial charge is 0.337 e. The van der Waals surface area contributed by atoms with Crippen LogP contribution in [0.1, 0.15) is 15.9 Å². The van der Waals surface area contributed by atoms with Gasteiger partial charge >= 0.3 is 5.97 Å². The van der Waals surface area contributed by atoms with Crippen molar-refractivity contribution in [1.29, 1.82) is 0 Å². The van der Waals surface area contributed by atoms with Crippen LogP contribution in [0.2, 0.25) is 0 Å². The highest BCUT2D eigenvalue weighted by molar-refractivity contribution is 9.09. The van der Waals surface area contributed by atoms with Crippen molar-refractivity contribution >= 4 is 27.6 Å². The molecule has 0 saturated heterocycles. The van der Waals surface area contributed by atoms with Crippen molar-refractivity contribution in [3.05, 3.63) is 29.3 Å². The van der Waals surface area contributed by atoms with Gasteiger partial charge in [0, 0.05) is 5.56 Å². The van der Waals surface area contributed by atoms with Crippen molar-refractivity contribution < 1.29 is 9.90 Å². The molecule has 3 nitrogen and oxygen atoms in total. The Kier molecular flexibility index (Phi) is 3.55. The Balaban J connectivity index is 3.20. The minimum atomic E-state index is -1.04. The number of nitrogens with two attached hydrogens (primary N) is 1. The molecular formula is C10H8BrNO2. The van der Waals surface area contributed by atoms with E-state index in [1.165, 1.54) is 6.07 Å². The first-order valence-electron chi connectivity index (χ1n) is 3.83. The predicted octanol–water partition coefficient (Wildman–Crippen LogP) is 1.71. The molecule has 1 aromatic carbocycles. The van der Waals surface area contributed by atoms with Gasteiger partial charge in [0.05, 0.1) is 16.6 Å². The Bertz CT molecular complexity index is 418. The van der Waals surface area contributed by atoms with E-state index < -0.39 is 5.97 Å². The fourth-order valence-corrected chi connectivity index (χ4v) is 1.13. The fourth-order valence-electron chi connectivity index (χ4n) is 0.989. The van der Waals surface area contributed by atoms with Gasteiger partial charge in [-0.15, -0.1) is 0 Å². The highest BCUT2D eigenvalue weighted by atomic mass is 79.9. The fraction of sp³-hybridized carbons (Fsp3) is 0.100. The molecule has 4 heteroatoms. The Morgan fingerprint density at radius 1 is 1.57 bits per heavy atom. The maximum absolute atomic E-state index is 10.7. The second-order valence-corrected chi connectivity index (χ2v) is 3.07. The van der Waals surface area contributed by atoms with E-state index in [-0.39, 0.29) is 11.3 Å². The van der Waals surface area contributed by atoms with Crippen molar-refractivity contribution in [3.63, 3.8) is 0 Å². The summed E-state index contributed by atoms with van der Waals surface area (Å²) in [6.07, 6.45) is 0. The first-order chi connectivity index (χ1) is 6.66. The third kappa shape index (κ3) is 2.27. The van der Waals surface area contributed by atoms with E-state index in [0.717, 1.165) is 0 Å². The second kappa shape index (κ2) is 4.68. The molecule has 0 unspecified atom stereocenters. The topological polar surface area (TPSA) is 63.3 Å². The SMILES string of the molecule is Nc1c(C#CCBr)cccc1C(=O)O. The molecule has 0 saturated carbocycles. The van der Waals surface area contributed by atoms with Gasteiger partial charge in [-0.2, -0.15) is 0 Å². The predicted molar refractivity (Wildman–Crippen MR) is 58.5 cm³/mol. The van der Waals surface area contributed by atoms with Crippen LogP contribution in [0.4, 0.5) is 5.69 Å². The summed E-state index contributed by atoms with van der Waals surface area (Å²) in [5.41, 5.74) is 6.48. The van der Waals surface area contributed by atoms with Gasteiger partial charge in [-0.25, -0.2) is 4.79 Å². The minimum Gasteiger partial charge on any atom is -0.478 e. The average Bonchev–Trinajstić information content (AvgIpc) is 2.16. The quantitative estimate of drug-likeness (QED) is 0.455. The summed E-state index contributed by atoms with van der Waals surface area (Å²) in [4.78, 5) is 10.7. The molecule has 0 radical (unpaired) electrons. The van der Waals surface area contributed by atoms with Crippen molar-refractivity contribution in [2.75, 3.05) is 11.1 Å². The van der Waals surface area contributed by atoms with E-state index in [9.17, 15) is 4.79 Å².